The van der Waals surface area contributed by atoms with Gasteiger partial charge in [-0.3, -0.25) is 0 Å². The fraction of sp³-hybridized carbons (Fsp3) is 0.345. The molecule has 5 rings (SSSR count). The van der Waals surface area contributed by atoms with Gasteiger partial charge in [-0.2, -0.15) is 0 Å². The summed E-state index contributed by atoms with van der Waals surface area (Å²) in [4.78, 5) is 13.2. The highest BCUT2D eigenvalue weighted by Crippen LogP contribution is 2.55. The number of fused-ring (bicyclic) bond motifs is 1. The van der Waals surface area contributed by atoms with Gasteiger partial charge in [0, 0.05) is 48.5 Å². The number of aldehydes is 1. The van der Waals surface area contributed by atoms with Crippen LogP contribution in [0.4, 0.5) is 23.2 Å². The number of aromatic hydroxyl groups is 1. The Balaban J connectivity index is 1.58. The Bertz CT molecular complexity index is 1280. The topological polar surface area (TPSA) is 40.5 Å². The number of anilines is 1. The van der Waals surface area contributed by atoms with Crippen LogP contribution in [-0.2, 0) is 10.7 Å². The third kappa shape index (κ3) is 4.36. The summed E-state index contributed by atoms with van der Waals surface area (Å²) in [7, 11) is 0. The lowest BCUT2D eigenvalue weighted by molar-refractivity contribution is -0.111. The van der Waals surface area contributed by atoms with Crippen LogP contribution in [0.15, 0.2) is 54.6 Å². The van der Waals surface area contributed by atoms with Crippen molar-refractivity contribution in [1.82, 2.24) is 0 Å². The van der Waals surface area contributed by atoms with Crippen LogP contribution >= 0.6 is 0 Å². The SMILES string of the molecule is Cc1cc(F)c([C@@H]2CC(F)(F)c3cc(O)ccc3[C@@H]2c2ccc(N3CCC(C=O)CC3)cc2)cc1F. The van der Waals surface area contributed by atoms with E-state index in [1.165, 1.54) is 19.1 Å². The molecule has 0 aromatic heterocycles. The van der Waals surface area contributed by atoms with E-state index in [2.05, 4.69) is 4.90 Å². The summed E-state index contributed by atoms with van der Waals surface area (Å²) in [6, 6.07) is 13.5. The number of aryl methyl sites for hydroxylation is 1. The number of hydrogen-bond acceptors (Lipinski definition) is 3. The summed E-state index contributed by atoms with van der Waals surface area (Å²) in [5, 5.41) is 9.92. The van der Waals surface area contributed by atoms with Gasteiger partial charge >= 0.3 is 0 Å². The Morgan fingerprint density at radius 1 is 0.944 bits per heavy atom. The fourth-order valence-corrected chi connectivity index (χ4v) is 5.69. The van der Waals surface area contributed by atoms with Gasteiger partial charge in [-0.1, -0.05) is 18.2 Å². The summed E-state index contributed by atoms with van der Waals surface area (Å²) in [5.41, 5.74) is 1.68. The van der Waals surface area contributed by atoms with Crippen LogP contribution in [0.3, 0.4) is 0 Å². The van der Waals surface area contributed by atoms with Crippen LogP contribution < -0.4 is 4.90 Å². The van der Waals surface area contributed by atoms with Crippen molar-refractivity contribution in [2.45, 2.75) is 43.9 Å². The van der Waals surface area contributed by atoms with E-state index in [-0.39, 0.29) is 33.9 Å². The number of nitrogens with zero attached hydrogens (tertiary/aromatic N) is 1. The first-order valence-corrected chi connectivity index (χ1v) is 12.1. The zero-order chi connectivity index (χ0) is 25.6. The van der Waals surface area contributed by atoms with Gasteiger partial charge in [0.2, 0.25) is 0 Å². The Morgan fingerprint density at radius 2 is 1.64 bits per heavy atom. The van der Waals surface area contributed by atoms with Crippen LogP contribution in [0.1, 0.15) is 58.9 Å². The molecule has 0 saturated carbocycles. The molecule has 2 atom stereocenters. The lowest BCUT2D eigenvalue weighted by Crippen LogP contribution is -2.34. The highest BCUT2D eigenvalue weighted by atomic mass is 19.3. The minimum absolute atomic E-state index is 0.0721. The quantitative estimate of drug-likeness (QED) is 0.318. The molecule has 1 heterocycles. The Kier molecular flexibility index (Phi) is 6.27. The number of piperidine rings is 1. The molecule has 7 heteroatoms. The maximum Gasteiger partial charge on any atom is 0.274 e. The molecule has 0 spiro atoms. The minimum Gasteiger partial charge on any atom is -0.508 e. The largest absolute Gasteiger partial charge is 0.508 e. The molecule has 0 amide bonds. The molecule has 1 aliphatic heterocycles. The Morgan fingerprint density at radius 3 is 2.31 bits per heavy atom. The smallest absolute Gasteiger partial charge is 0.274 e. The second-order valence-corrected chi connectivity index (χ2v) is 9.94. The van der Waals surface area contributed by atoms with Crippen molar-refractivity contribution in [2.75, 3.05) is 18.0 Å². The van der Waals surface area contributed by atoms with Crippen molar-refractivity contribution < 1.29 is 27.5 Å². The first-order chi connectivity index (χ1) is 17.2. The zero-order valence-electron chi connectivity index (χ0n) is 19.9. The number of hydrogen-bond donors (Lipinski definition) is 1. The maximum atomic E-state index is 15.3. The lowest BCUT2D eigenvalue weighted by atomic mass is 9.67. The molecular formula is C29H27F4NO2. The van der Waals surface area contributed by atoms with Crippen LogP contribution in [0.25, 0.3) is 0 Å². The van der Waals surface area contributed by atoms with Gasteiger partial charge in [-0.25, -0.2) is 17.6 Å². The van der Waals surface area contributed by atoms with E-state index >= 15 is 13.2 Å². The Labute approximate surface area is 207 Å². The predicted octanol–water partition coefficient (Wildman–Crippen LogP) is 6.81. The zero-order valence-corrected chi connectivity index (χ0v) is 19.9. The molecule has 36 heavy (non-hydrogen) atoms. The molecule has 1 fully saturated rings. The molecule has 3 aromatic rings. The molecule has 0 radical (unpaired) electrons. The highest BCUT2D eigenvalue weighted by molar-refractivity contribution is 5.57. The molecular weight excluding hydrogens is 470 g/mol. The van der Waals surface area contributed by atoms with Gasteiger partial charge in [0.1, 0.15) is 23.7 Å². The second-order valence-electron chi connectivity index (χ2n) is 9.94. The van der Waals surface area contributed by atoms with Crippen LogP contribution in [0.5, 0.6) is 5.75 Å². The van der Waals surface area contributed by atoms with Crippen molar-refractivity contribution in [1.29, 1.82) is 0 Å². The summed E-state index contributed by atoms with van der Waals surface area (Å²) >= 11 is 0. The standard InChI is InChI=1S/C29H27F4NO2/c1-17-12-27(31)23(14-26(17)30)24-15-29(32,33)25-13-21(36)6-7-22(25)28(24)19-2-4-20(5-3-19)34-10-8-18(16-35)9-11-34/h2-7,12-14,16,18,24,28,36H,8-11,15H2,1H3/t24-,28-/m0/s1. The van der Waals surface area contributed by atoms with Crippen LogP contribution in [0, 0.1) is 24.5 Å². The number of phenols is 1. The van der Waals surface area contributed by atoms with E-state index in [0.717, 1.165) is 56.1 Å². The molecule has 188 valence electrons. The molecule has 3 nitrogen and oxygen atoms in total. The monoisotopic (exact) mass is 497 g/mol. The number of phenolic OH excluding ortho intramolecular Hbond substituents is 1. The predicted molar refractivity (Wildman–Crippen MR) is 130 cm³/mol. The van der Waals surface area contributed by atoms with Gasteiger partial charge in [0.15, 0.2) is 0 Å². The summed E-state index contributed by atoms with van der Waals surface area (Å²) < 4.78 is 60.2. The second kappa shape index (κ2) is 9.26. The van der Waals surface area contributed by atoms with Crippen molar-refractivity contribution >= 4 is 12.0 Å². The van der Waals surface area contributed by atoms with Crippen molar-refractivity contribution in [2.24, 2.45) is 5.92 Å². The number of benzene rings is 3. The van der Waals surface area contributed by atoms with E-state index in [1.807, 2.05) is 24.3 Å². The number of halogens is 4. The normalized spacial score (nSPS) is 21.8. The van der Waals surface area contributed by atoms with Crippen LogP contribution in [0.2, 0.25) is 0 Å². The average molecular weight is 498 g/mol. The third-order valence-electron chi connectivity index (χ3n) is 7.67. The molecule has 1 aliphatic carbocycles. The van der Waals surface area contributed by atoms with Gasteiger partial charge in [0.05, 0.1) is 0 Å². The number of rotatable bonds is 4. The molecule has 0 unspecified atom stereocenters. The fourth-order valence-electron chi connectivity index (χ4n) is 5.69. The molecule has 2 aliphatic rings. The Hall–Kier alpha value is -3.35. The highest BCUT2D eigenvalue weighted by Gasteiger charge is 2.47. The summed E-state index contributed by atoms with van der Waals surface area (Å²) in [6.07, 6.45) is 1.84. The van der Waals surface area contributed by atoms with Crippen molar-refractivity contribution in [3.63, 3.8) is 0 Å². The third-order valence-corrected chi connectivity index (χ3v) is 7.67. The first kappa shape index (κ1) is 24.3. The molecule has 1 saturated heterocycles. The van der Waals surface area contributed by atoms with Crippen LogP contribution in [-0.4, -0.2) is 24.5 Å². The molecule has 0 bridgehead atoms. The summed E-state index contributed by atoms with van der Waals surface area (Å²) in [5.74, 6) is -6.55. The van der Waals surface area contributed by atoms with E-state index in [0.29, 0.717) is 5.56 Å². The minimum atomic E-state index is -3.33. The van der Waals surface area contributed by atoms with E-state index in [1.54, 1.807) is 0 Å². The van der Waals surface area contributed by atoms with E-state index < -0.39 is 35.8 Å². The number of carbonyl (C=O) groups is 1. The number of carbonyl (C=O) groups excluding carboxylic acids is 1. The maximum absolute atomic E-state index is 15.3. The van der Waals surface area contributed by atoms with Crippen molar-refractivity contribution in [3.05, 3.63) is 94.0 Å². The molecule has 1 N–H and O–H groups in total. The average Bonchev–Trinajstić information content (AvgIpc) is 2.86. The van der Waals surface area contributed by atoms with Gasteiger partial charge in [0.25, 0.3) is 5.92 Å². The van der Waals surface area contributed by atoms with E-state index in [9.17, 15) is 14.3 Å². The van der Waals surface area contributed by atoms with Crippen molar-refractivity contribution in [3.8, 4) is 5.75 Å². The van der Waals surface area contributed by atoms with Gasteiger partial charge in [-0.05, 0) is 78.4 Å². The first-order valence-electron chi connectivity index (χ1n) is 12.1. The van der Waals surface area contributed by atoms with Gasteiger partial charge < -0.3 is 14.8 Å². The van der Waals surface area contributed by atoms with Gasteiger partial charge in [-0.15, -0.1) is 0 Å². The van der Waals surface area contributed by atoms with E-state index in [4.69, 9.17) is 0 Å². The molecule has 3 aromatic carbocycles. The lowest BCUT2D eigenvalue weighted by Gasteiger charge is -2.39. The number of alkyl halides is 2. The summed E-state index contributed by atoms with van der Waals surface area (Å²) in [6.45, 7) is 2.93.